The van der Waals surface area contributed by atoms with E-state index in [4.69, 9.17) is 4.74 Å². The molecular formula is C22H40Cl2N2O2. The maximum atomic E-state index is 10.5. The van der Waals surface area contributed by atoms with Crippen LogP contribution in [0.3, 0.4) is 0 Å². The van der Waals surface area contributed by atoms with Crippen LogP contribution < -0.4 is 39.4 Å². The van der Waals surface area contributed by atoms with Gasteiger partial charge in [-0.25, -0.2) is 0 Å². The molecule has 1 unspecified atom stereocenters. The van der Waals surface area contributed by atoms with Crippen molar-refractivity contribution in [2.45, 2.75) is 70.9 Å². The lowest BCUT2D eigenvalue weighted by molar-refractivity contribution is -1.01. The molecule has 0 aromatic heterocycles. The molecule has 6 heteroatoms. The van der Waals surface area contributed by atoms with Crippen LogP contribution in [-0.4, -0.2) is 44.6 Å². The minimum atomic E-state index is -0.174. The second kappa shape index (κ2) is 16.3. The highest BCUT2D eigenvalue weighted by Crippen LogP contribution is 2.12. The number of hydrogen-bond donors (Lipinski definition) is 3. The van der Waals surface area contributed by atoms with Gasteiger partial charge in [0, 0.05) is 18.6 Å². The monoisotopic (exact) mass is 434 g/mol. The first-order valence-electron chi connectivity index (χ1n) is 10.8. The number of unbranched alkanes of at least 4 members (excludes halogenated alkanes) is 7. The van der Waals surface area contributed by atoms with E-state index in [0.29, 0.717) is 0 Å². The largest absolute Gasteiger partial charge is 1.00 e. The van der Waals surface area contributed by atoms with Crippen LogP contribution in [0.15, 0.2) is 24.3 Å². The predicted molar refractivity (Wildman–Crippen MR) is 107 cm³/mol. The molecule has 4 nitrogen and oxygen atoms in total. The molecule has 0 saturated carbocycles. The average Bonchev–Trinajstić information content (AvgIpc) is 2.70. The molecule has 0 radical (unpaired) electrons. The quantitative estimate of drug-likeness (QED) is 0.293. The van der Waals surface area contributed by atoms with Gasteiger partial charge >= 0.3 is 0 Å². The molecule has 164 valence electrons. The summed E-state index contributed by atoms with van der Waals surface area (Å²) in [5.74, 6) is 0.915. The zero-order valence-electron chi connectivity index (χ0n) is 17.7. The van der Waals surface area contributed by atoms with Crippen molar-refractivity contribution in [2.24, 2.45) is 0 Å². The minimum absolute atomic E-state index is 0. The lowest BCUT2D eigenvalue weighted by Crippen LogP contribution is -3.28. The molecule has 0 aliphatic carbocycles. The Bertz CT molecular complexity index is 480. The highest BCUT2D eigenvalue weighted by atomic mass is 35.5. The summed E-state index contributed by atoms with van der Waals surface area (Å²) in [6.45, 7) is 6.56. The Balaban J connectivity index is 0.00000364. The summed E-state index contributed by atoms with van der Waals surface area (Å²) < 4.78 is 5.24. The van der Waals surface area contributed by atoms with E-state index in [-0.39, 0.29) is 31.0 Å². The molecule has 1 atom stereocenters. The number of hydrogen-bond acceptors (Lipinski definition) is 2. The van der Waals surface area contributed by atoms with Crippen LogP contribution in [0.2, 0.25) is 0 Å². The SMILES string of the molecule is CCCCCCCCCCC(O)[NH+]1CC[NH+](c2ccc(OC)cc2)CC1.[Cl-].[Cl-]. The van der Waals surface area contributed by atoms with E-state index >= 15 is 0 Å². The van der Waals surface area contributed by atoms with Gasteiger partial charge < -0.3 is 39.6 Å². The summed E-state index contributed by atoms with van der Waals surface area (Å²) in [6.07, 6.45) is 11.4. The summed E-state index contributed by atoms with van der Waals surface area (Å²) in [4.78, 5) is 2.90. The molecule has 0 bridgehead atoms. The van der Waals surface area contributed by atoms with Crippen molar-refractivity contribution in [3.8, 4) is 5.75 Å². The van der Waals surface area contributed by atoms with Crippen molar-refractivity contribution in [2.75, 3.05) is 33.3 Å². The van der Waals surface area contributed by atoms with Crippen molar-refractivity contribution >= 4 is 5.69 Å². The Hall–Kier alpha value is -0.520. The van der Waals surface area contributed by atoms with Gasteiger partial charge in [0.1, 0.15) is 37.6 Å². The zero-order valence-corrected chi connectivity index (χ0v) is 19.2. The van der Waals surface area contributed by atoms with Crippen molar-refractivity contribution in [3.63, 3.8) is 0 Å². The average molecular weight is 435 g/mol. The topological polar surface area (TPSA) is 38.3 Å². The first kappa shape index (κ1) is 27.5. The van der Waals surface area contributed by atoms with E-state index in [2.05, 4.69) is 19.1 Å². The highest BCUT2D eigenvalue weighted by Gasteiger charge is 2.28. The van der Waals surface area contributed by atoms with Gasteiger partial charge in [0.05, 0.1) is 7.11 Å². The number of benzene rings is 1. The second-order valence-corrected chi connectivity index (χ2v) is 7.77. The minimum Gasteiger partial charge on any atom is -1.00 e. The van der Waals surface area contributed by atoms with Gasteiger partial charge in [0.15, 0.2) is 6.23 Å². The van der Waals surface area contributed by atoms with Gasteiger partial charge in [-0.1, -0.05) is 51.9 Å². The lowest BCUT2D eigenvalue weighted by atomic mass is 10.1. The molecule has 28 heavy (non-hydrogen) atoms. The number of quaternary nitrogens is 2. The van der Waals surface area contributed by atoms with Gasteiger partial charge in [0.25, 0.3) is 0 Å². The van der Waals surface area contributed by atoms with Crippen LogP contribution in [0, 0.1) is 0 Å². The van der Waals surface area contributed by atoms with Gasteiger partial charge in [-0.2, -0.15) is 0 Å². The fourth-order valence-corrected chi connectivity index (χ4v) is 4.00. The Morgan fingerprint density at radius 3 is 1.93 bits per heavy atom. The standard InChI is InChI=1S/C22H38N2O2.2ClH/c1-3-4-5-6-7-8-9-10-11-22(25)24-18-16-23(17-19-24)20-12-14-21(26-2)15-13-20;;/h12-15,22,25H,3-11,16-19H2,1-2H3;2*1H. The third-order valence-corrected chi connectivity index (χ3v) is 5.80. The Morgan fingerprint density at radius 2 is 1.39 bits per heavy atom. The third-order valence-electron chi connectivity index (χ3n) is 5.80. The molecule has 1 aliphatic rings. The number of halogens is 2. The Kier molecular flexibility index (Phi) is 16.0. The third kappa shape index (κ3) is 9.80. The van der Waals surface area contributed by atoms with Gasteiger partial charge in [-0.3, -0.25) is 4.90 Å². The number of aliphatic hydroxyl groups is 1. The summed E-state index contributed by atoms with van der Waals surface area (Å²) in [6, 6.07) is 8.41. The predicted octanol–water partition coefficient (Wildman–Crippen LogP) is -4.03. The number of nitrogens with one attached hydrogen (secondary N) is 2. The van der Waals surface area contributed by atoms with Crippen LogP contribution >= 0.6 is 0 Å². The molecule has 0 spiro atoms. The normalized spacial score (nSPS) is 20.0. The van der Waals surface area contributed by atoms with E-state index < -0.39 is 0 Å². The Labute approximate surface area is 184 Å². The van der Waals surface area contributed by atoms with Crippen LogP contribution in [0.4, 0.5) is 5.69 Å². The molecule has 1 fully saturated rings. The molecule has 1 aromatic rings. The van der Waals surface area contributed by atoms with Crippen molar-refractivity contribution < 1.29 is 44.5 Å². The highest BCUT2D eigenvalue weighted by molar-refractivity contribution is 5.35. The van der Waals surface area contributed by atoms with Crippen molar-refractivity contribution in [1.82, 2.24) is 0 Å². The number of piperazine rings is 1. The summed E-state index contributed by atoms with van der Waals surface area (Å²) in [5.41, 5.74) is 1.34. The van der Waals surface area contributed by atoms with E-state index in [1.165, 1.54) is 66.9 Å². The van der Waals surface area contributed by atoms with Gasteiger partial charge in [-0.05, 0) is 18.6 Å². The zero-order chi connectivity index (χ0) is 18.6. The maximum Gasteiger partial charge on any atom is 0.189 e. The number of ether oxygens (including phenoxy) is 1. The lowest BCUT2D eigenvalue weighted by Gasteiger charge is -2.32. The first-order valence-corrected chi connectivity index (χ1v) is 10.8. The van der Waals surface area contributed by atoms with E-state index in [1.54, 1.807) is 7.11 Å². The van der Waals surface area contributed by atoms with Crippen molar-refractivity contribution in [3.05, 3.63) is 24.3 Å². The maximum absolute atomic E-state index is 10.5. The van der Waals surface area contributed by atoms with Gasteiger partial charge in [-0.15, -0.1) is 0 Å². The van der Waals surface area contributed by atoms with Crippen LogP contribution in [-0.2, 0) is 0 Å². The molecule has 2 rings (SSSR count). The molecule has 1 saturated heterocycles. The van der Waals surface area contributed by atoms with Crippen LogP contribution in [0.5, 0.6) is 5.75 Å². The van der Waals surface area contributed by atoms with E-state index in [0.717, 1.165) is 38.3 Å². The second-order valence-electron chi connectivity index (χ2n) is 7.77. The summed E-state index contributed by atoms with van der Waals surface area (Å²) >= 11 is 0. The summed E-state index contributed by atoms with van der Waals surface area (Å²) in [7, 11) is 1.71. The van der Waals surface area contributed by atoms with Crippen LogP contribution in [0.25, 0.3) is 0 Å². The Morgan fingerprint density at radius 1 is 0.857 bits per heavy atom. The number of aliphatic hydroxyl groups excluding tert-OH is 1. The molecule has 1 aromatic carbocycles. The molecule has 3 N–H and O–H groups in total. The summed E-state index contributed by atoms with van der Waals surface area (Å²) in [5, 5.41) is 10.5. The smallest absolute Gasteiger partial charge is 0.189 e. The van der Waals surface area contributed by atoms with E-state index in [1.807, 2.05) is 12.1 Å². The number of methoxy groups -OCH3 is 1. The number of rotatable bonds is 12. The molecule has 0 amide bonds. The van der Waals surface area contributed by atoms with Gasteiger partial charge in [0.2, 0.25) is 0 Å². The van der Waals surface area contributed by atoms with Crippen molar-refractivity contribution in [1.29, 1.82) is 0 Å². The molecular weight excluding hydrogens is 395 g/mol. The first-order chi connectivity index (χ1) is 12.7. The molecule has 1 aliphatic heterocycles. The van der Waals surface area contributed by atoms with E-state index in [9.17, 15) is 5.11 Å². The van der Waals surface area contributed by atoms with Crippen LogP contribution in [0.1, 0.15) is 64.7 Å². The fourth-order valence-electron chi connectivity index (χ4n) is 4.00. The molecule has 1 heterocycles. The fraction of sp³-hybridized carbons (Fsp3) is 0.727.